The third-order valence-corrected chi connectivity index (χ3v) is 3.98. The number of nitrogens with one attached hydrogen (secondary N) is 1. The molecular weight excluding hydrogens is 170 g/mol. The van der Waals surface area contributed by atoms with E-state index in [1.165, 1.54) is 11.1 Å². The summed E-state index contributed by atoms with van der Waals surface area (Å²) in [4.78, 5) is 11.3. The lowest BCUT2D eigenvalue weighted by Gasteiger charge is -2.23. The molecule has 1 saturated heterocycles. The first-order valence-corrected chi connectivity index (χ1v) is 5.17. The smallest absolute Gasteiger partial charge is 0.234 e. The van der Waals surface area contributed by atoms with Crippen LogP contribution in [0.5, 0.6) is 0 Å². The summed E-state index contributed by atoms with van der Waals surface area (Å²) < 4.78 is 2.85. The third kappa shape index (κ3) is 1.16. The zero-order valence-electron chi connectivity index (χ0n) is 7.39. The van der Waals surface area contributed by atoms with E-state index in [0.29, 0.717) is 5.25 Å². The first-order valence-electron chi connectivity index (χ1n) is 4.29. The Kier molecular flexibility index (Phi) is 1.91. The van der Waals surface area contributed by atoms with Gasteiger partial charge in [-0.05, 0) is 38.6 Å². The fourth-order valence-corrected chi connectivity index (χ4v) is 2.98. The van der Waals surface area contributed by atoms with Crippen molar-refractivity contribution in [3.63, 3.8) is 0 Å². The van der Waals surface area contributed by atoms with Crippen molar-refractivity contribution in [1.29, 1.82) is 0 Å². The van der Waals surface area contributed by atoms with Gasteiger partial charge in [0.2, 0.25) is 5.91 Å². The summed E-state index contributed by atoms with van der Waals surface area (Å²) in [7, 11) is 0. The van der Waals surface area contributed by atoms with Gasteiger partial charge in [0.05, 0.1) is 5.92 Å². The first kappa shape index (κ1) is 8.17. The second-order valence-electron chi connectivity index (χ2n) is 3.70. The van der Waals surface area contributed by atoms with Gasteiger partial charge in [0, 0.05) is 5.25 Å². The van der Waals surface area contributed by atoms with E-state index >= 15 is 0 Å². The van der Waals surface area contributed by atoms with Crippen LogP contribution in [-0.2, 0) is 4.79 Å². The van der Waals surface area contributed by atoms with Crippen molar-refractivity contribution >= 4 is 17.9 Å². The van der Waals surface area contributed by atoms with Crippen LogP contribution >= 0.6 is 11.9 Å². The molecule has 2 nitrogen and oxygen atoms in total. The Hall–Kier alpha value is -0.440. The monoisotopic (exact) mass is 183 g/mol. The van der Waals surface area contributed by atoms with Crippen LogP contribution in [0.15, 0.2) is 11.1 Å². The van der Waals surface area contributed by atoms with Crippen molar-refractivity contribution < 1.29 is 4.79 Å². The lowest BCUT2D eigenvalue weighted by atomic mass is 9.84. The SMILES string of the molecule is CC1=C(C)CC2C(=O)NSC2C1. The number of hydrogen-bond donors (Lipinski definition) is 1. The van der Waals surface area contributed by atoms with Gasteiger partial charge in [0.1, 0.15) is 0 Å². The van der Waals surface area contributed by atoms with Gasteiger partial charge in [0.25, 0.3) is 0 Å². The van der Waals surface area contributed by atoms with Crippen molar-refractivity contribution in [3.05, 3.63) is 11.1 Å². The van der Waals surface area contributed by atoms with Crippen LogP contribution in [-0.4, -0.2) is 11.2 Å². The third-order valence-electron chi connectivity index (χ3n) is 2.86. The van der Waals surface area contributed by atoms with E-state index in [2.05, 4.69) is 18.6 Å². The van der Waals surface area contributed by atoms with Gasteiger partial charge in [-0.2, -0.15) is 0 Å². The molecule has 0 aromatic carbocycles. The number of carbonyl (C=O) groups is 1. The van der Waals surface area contributed by atoms with Crippen molar-refractivity contribution in [2.75, 3.05) is 0 Å². The Bertz CT molecular complexity index is 259. The van der Waals surface area contributed by atoms with Crippen LogP contribution in [0.2, 0.25) is 0 Å². The Labute approximate surface area is 76.9 Å². The van der Waals surface area contributed by atoms with Crippen LogP contribution in [0, 0.1) is 5.92 Å². The highest BCUT2D eigenvalue weighted by Gasteiger charge is 2.38. The minimum atomic E-state index is 0.233. The van der Waals surface area contributed by atoms with Gasteiger partial charge in [-0.25, -0.2) is 0 Å². The molecule has 0 saturated carbocycles. The van der Waals surface area contributed by atoms with Gasteiger partial charge in [-0.1, -0.05) is 11.1 Å². The molecule has 2 rings (SSSR count). The predicted octanol–water partition coefficient (Wildman–Crippen LogP) is 1.88. The number of carbonyl (C=O) groups excluding carboxylic acids is 1. The summed E-state index contributed by atoms with van der Waals surface area (Å²) in [5, 5.41) is 0.501. The van der Waals surface area contributed by atoms with E-state index in [0.717, 1.165) is 12.8 Å². The lowest BCUT2D eigenvalue weighted by Crippen LogP contribution is -2.25. The van der Waals surface area contributed by atoms with Gasteiger partial charge < -0.3 is 0 Å². The van der Waals surface area contributed by atoms with Gasteiger partial charge >= 0.3 is 0 Å². The summed E-state index contributed by atoms with van der Waals surface area (Å²) in [6.07, 6.45) is 2.05. The fraction of sp³-hybridized carbons (Fsp3) is 0.667. The average Bonchev–Trinajstić information content (AvgIpc) is 2.35. The van der Waals surface area contributed by atoms with Crippen LogP contribution in [0.3, 0.4) is 0 Å². The van der Waals surface area contributed by atoms with Crippen LogP contribution < -0.4 is 4.72 Å². The molecule has 2 unspecified atom stereocenters. The van der Waals surface area contributed by atoms with E-state index in [1.54, 1.807) is 11.9 Å². The van der Waals surface area contributed by atoms with Crippen molar-refractivity contribution in [1.82, 2.24) is 4.72 Å². The number of hydrogen-bond acceptors (Lipinski definition) is 2. The van der Waals surface area contributed by atoms with Gasteiger partial charge in [-0.3, -0.25) is 9.52 Å². The first-order chi connectivity index (χ1) is 5.68. The second kappa shape index (κ2) is 2.80. The molecule has 0 aromatic rings. The molecule has 1 N–H and O–H groups in total. The van der Waals surface area contributed by atoms with Gasteiger partial charge in [0.15, 0.2) is 0 Å². The van der Waals surface area contributed by atoms with Crippen LogP contribution in [0.4, 0.5) is 0 Å². The Morgan fingerprint density at radius 2 is 2.00 bits per heavy atom. The number of allylic oxidation sites excluding steroid dienone is 2. The molecule has 1 heterocycles. The number of fused-ring (bicyclic) bond motifs is 1. The molecule has 0 spiro atoms. The molecule has 1 amide bonds. The molecular formula is C9H13NOS. The van der Waals surface area contributed by atoms with E-state index in [1.807, 2.05) is 0 Å². The summed E-state index contributed by atoms with van der Waals surface area (Å²) in [6.45, 7) is 4.32. The van der Waals surface area contributed by atoms with Gasteiger partial charge in [-0.15, -0.1) is 0 Å². The summed E-state index contributed by atoms with van der Waals surface area (Å²) in [6, 6.07) is 0. The Balaban J connectivity index is 2.22. The Morgan fingerprint density at radius 1 is 1.33 bits per heavy atom. The van der Waals surface area contributed by atoms with Crippen molar-refractivity contribution in [3.8, 4) is 0 Å². The van der Waals surface area contributed by atoms with E-state index in [-0.39, 0.29) is 11.8 Å². The van der Waals surface area contributed by atoms with Crippen LogP contribution in [0.1, 0.15) is 26.7 Å². The highest BCUT2D eigenvalue weighted by atomic mass is 32.2. The zero-order valence-corrected chi connectivity index (χ0v) is 8.20. The minimum Gasteiger partial charge on any atom is -0.300 e. The second-order valence-corrected chi connectivity index (χ2v) is 4.74. The lowest BCUT2D eigenvalue weighted by molar-refractivity contribution is -0.122. The maximum Gasteiger partial charge on any atom is 0.234 e. The average molecular weight is 183 g/mol. The molecule has 0 aromatic heterocycles. The zero-order chi connectivity index (χ0) is 8.72. The highest BCUT2D eigenvalue weighted by molar-refractivity contribution is 7.99. The normalized spacial score (nSPS) is 35.0. The molecule has 0 bridgehead atoms. The summed E-state index contributed by atoms with van der Waals surface area (Å²) in [5.41, 5.74) is 2.88. The molecule has 3 heteroatoms. The topological polar surface area (TPSA) is 29.1 Å². The van der Waals surface area contributed by atoms with E-state index in [9.17, 15) is 4.79 Å². The fourth-order valence-electron chi connectivity index (χ4n) is 1.85. The summed E-state index contributed by atoms with van der Waals surface area (Å²) in [5.74, 6) is 0.482. The highest BCUT2D eigenvalue weighted by Crippen LogP contribution is 2.39. The van der Waals surface area contributed by atoms with E-state index < -0.39 is 0 Å². The minimum absolute atomic E-state index is 0.233. The molecule has 0 radical (unpaired) electrons. The molecule has 2 aliphatic rings. The standard InChI is InChI=1S/C9H13NOS/c1-5-3-7-8(4-6(5)2)12-10-9(7)11/h7-8H,3-4H2,1-2H3,(H,10,11). The van der Waals surface area contributed by atoms with Crippen molar-refractivity contribution in [2.24, 2.45) is 5.92 Å². The molecule has 1 fully saturated rings. The molecule has 1 aliphatic heterocycles. The van der Waals surface area contributed by atoms with E-state index in [4.69, 9.17) is 0 Å². The molecule has 1 aliphatic carbocycles. The molecule has 2 atom stereocenters. The maximum absolute atomic E-state index is 11.3. The summed E-state index contributed by atoms with van der Waals surface area (Å²) >= 11 is 1.61. The van der Waals surface area contributed by atoms with Crippen molar-refractivity contribution in [2.45, 2.75) is 31.9 Å². The maximum atomic E-state index is 11.3. The number of amides is 1. The Morgan fingerprint density at radius 3 is 2.75 bits per heavy atom. The molecule has 12 heavy (non-hydrogen) atoms. The molecule has 66 valence electrons. The number of rotatable bonds is 0. The predicted molar refractivity (Wildman–Crippen MR) is 50.6 cm³/mol. The largest absolute Gasteiger partial charge is 0.300 e. The quantitative estimate of drug-likeness (QED) is 0.459. The van der Waals surface area contributed by atoms with Crippen LogP contribution in [0.25, 0.3) is 0 Å².